The number of aromatic nitrogens is 6. The highest BCUT2D eigenvalue weighted by Crippen LogP contribution is 2.24. The molecule has 0 bridgehead atoms. The lowest BCUT2D eigenvalue weighted by atomic mass is 9.94. The van der Waals surface area contributed by atoms with Crippen molar-refractivity contribution >= 4 is 17.4 Å². The number of nitrogens with zero attached hydrogens (tertiary/aromatic N) is 8. The molecule has 1 aliphatic rings. The first-order valence-electron chi connectivity index (χ1n) is 10.5. The predicted octanol–water partition coefficient (Wildman–Crippen LogP) is 1.55. The van der Waals surface area contributed by atoms with Gasteiger partial charge in [0.1, 0.15) is 0 Å². The number of hydrogen-bond donors (Lipinski definition) is 2. The average molecular weight is 438 g/mol. The van der Waals surface area contributed by atoms with E-state index in [-0.39, 0.29) is 17.3 Å². The standard InChI is InChI=1S/C20H26N10O2/c1-13(15-10-6-7-11-22-15)23-25-20(31)17-16(12-29(2)14-8-4-3-5-9-14)30(28-24-17)19-18(21)26-32-27-19/h6-7,10-11,14H,3-5,8-9,12H2,1-2H3,(H2,21,26)(H,25,31)/b23-13+. The van der Waals surface area contributed by atoms with Crippen LogP contribution in [0, 0.1) is 0 Å². The fraction of sp³-hybridized carbons (Fsp3) is 0.450. The number of rotatable bonds is 7. The van der Waals surface area contributed by atoms with Gasteiger partial charge in [-0.15, -0.1) is 5.10 Å². The van der Waals surface area contributed by atoms with E-state index in [9.17, 15) is 4.79 Å². The molecule has 3 heterocycles. The summed E-state index contributed by atoms with van der Waals surface area (Å²) in [6.45, 7) is 2.19. The van der Waals surface area contributed by atoms with E-state index < -0.39 is 5.91 Å². The second-order valence-electron chi connectivity index (χ2n) is 7.83. The van der Waals surface area contributed by atoms with Crippen LogP contribution >= 0.6 is 0 Å². The lowest BCUT2D eigenvalue weighted by Gasteiger charge is -2.31. The number of nitrogen functional groups attached to an aromatic ring is 1. The van der Waals surface area contributed by atoms with Crippen molar-refractivity contribution in [3.63, 3.8) is 0 Å². The molecule has 32 heavy (non-hydrogen) atoms. The molecule has 168 valence electrons. The molecule has 0 atom stereocenters. The first kappa shape index (κ1) is 21.6. The van der Waals surface area contributed by atoms with E-state index in [1.54, 1.807) is 13.1 Å². The molecule has 0 spiro atoms. The minimum absolute atomic E-state index is 0.0624. The van der Waals surface area contributed by atoms with E-state index in [0.717, 1.165) is 12.8 Å². The van der Waals surface area contributed by atoms with Gasteiger partial charge in [0.15, 0.2) is 5.69 Å². The maximum absolute atomic E-state index is 13.0. The first-order chi connectivity index (χ1) is 15.5. The van der Waals surface area contributed by atoms with Crippen LogP contribution in [0.4, 0.5) is 5.82 Å². The van der Waals surface area contributed by atoms with Gasteiger partial charge in [0.05, 0.1) is 17.1 Å². The van der Waals surface area contributed by atoms with Gasteiger partial charge in [0.25, 0.3) is 5.91 Å². The summed E-state index contributed by atoms with van der Waals surface area (Å²) in [7, 11) is 2.03. The second kappa shape index (κ2) is 9.64. The zero-order valence-corrected chi connectivity index (χ0v) is 18.1. The Balaban J connectivity index is 1.60. The molecule has 1 amide bonds. The van der Waals surface area contributed by atoms with Crippen LogP contribution in [0.3, 0.4) is 0 Å². The van der Waals surface area contributed by atoms with Crippen LogP contribution in [-0.4, -0.2) is 59.9 Å². The molecule has 3 N–H and O–H groups in total. The molecule has 0 unspecified atom stereocenters. The van der Waals surface area contributed by atoms with Crippen LogP contribution in [-0.2, 0) is 6.54 Å². The Bertz CT molecular complexity index is 1090. The van der Waals surface area contributed by atoms with Crippen LogP contribution in [0.5, 0.6) is 0 Å². The van der Waals surface area contributed by atoms with Gasteiger partial charge >= 0.3 is 0 Å². The molecule has 0 aromatic carbocycles. The largest absolute Gasteiger partial charge is 0.378 e. The third-order valence-corrected chi connectivity index (χ3v) is 5.63. The highest BCUT2D eigenvalue weighted by Gasteiger charge is 2.27. The normalized spacial score (nSPS) is 15.3. The van der Waals surface area contributed by atoms with Crippen molar-refractivity contribution in [2.24, 2.45) is 5.10 Å². The smallest absolute Gasteiger partial charge is 0.293 e. The van der Waals surface area contributed by atoms with Gasteiger partial charge in [-0.2, -0.15) is 9.78 Å². The van der Waals surface area contributed by atoms with Crippen molar-refractivity contribution in [2.45, 2.75) is 51.6 Å². The first-order valence-corrected chi connectivity index (χ1v) is 10.5. The van der Waals surface area contributed by atoms with E-state index in [2.05, 4.69) is 41.0 Å². The molecule has 3 aromatic rings. The van der Waals surface area contributed by atoms with Crippen LogP contribution in [0.25, 0.3) is 5.82 Å². The Morgan fingerprint density at radius 3 is 2.81 bits per heavy atom. The Kier molecular flexibility index (Phi) is 6.50. The zero-order chi connectivity index (χ0) is 22.5. The van der Waals surface area contributed by atoms with Crippen molar-refractivity contribution in [3.05, 3.63) is 41.5 Å². The fourth-order valence-corrected chi connectivity index (χ4v) is 3.84. The number of carbonyl (C=O) groups excluding carboxylic acids is 1. The predicted molar refractivity (Wildman–Crippen MR) is 116 cm³/mol. The van der Waals surface area contributed by atoms with Crippen LogP contribution in [0.15, 0.2) is 34.1 Å². The Morgan fingerprint density at radius 2 is 2.12 bits per heavy atom. The van der Waals surface area contributed by atoms with Gasteiger partial charge in [-0.25, -0.2) is 10.1 Å². The van der Waals surface area contributed by atoms with Crippen molar-refractivity contribution in [2.75, 3.05) is 12.8 Å². The topological polar surface area (TPSA) is 153 Å². The molecule has 12 heteroatoms. The number of hydrogen-bond acceptors (Lipinski definition) is 10. The van der Waals surface area contributed by atoms with E-state index in [1.807, 2.05) is 25.2 Å². The average Bonchev–Trinajstić information content (AvgIpc) is 3.44. The van der Waals surface area contributed by atoms with Crippen LogP contribution in [0.2, 0.25) is 0 Å². The van der Waals surface area contributed by atoms with Crippen LogP contribution < -0.4 is 11.2 Å². The number of carbonyl (C=O) groups is 1. The molecule has 1 fully saturated rings. The van der Waals surface area contributed by atoms with Crippen molar-refractivity contribution in [1.82, 2.24) is 40.6 Å². The molecule has 1 saturated carbocycles. The molecule has 3 aromatic heterocycles. The molecule has 1 aliphatic carbocycles. The monoisotopic (exact) mass is 438 g/mol. The Labute approximate surface area is 184 Å². The second-order valence-corrected chi connectivity index (χ2v) is 7.83. The summed E-state index contributed by atoms with van der Waals surface area (Å²) in [5, 5.41) is 19.8. The molecule has 0 aliphatic heterocycles. The number of hydrazone groups is 1. The van der Waals surface area contributed by atoms with Gasteiger partial charge in [-0.1, -0.05) is 30.5 Å². The number of pyridine rings is 1. The zero-order valence-electron chi connectivity index (χ0n) is 18.1. The van der Waals surface area contributed by atoms with Crippen molar-refractivity contribution in [3.8, 4) is 5.82 Å². The van der Waals surface area contributed by atoms with E-state index in [1.165, 1.54) is 23.9 Å². The summed E-state index contributed by atoms with van der Waals surface area (Å²) in [4.78, 5) is 19.4. The minimum atomic E-state index is -0.492. The quantitative estimate of drug-likeness (QED) is 0.413. The summed E-state index contributed by atoms with van der Waals surface area (Å²) in [6, 6.07) is 5.89. The summed E-state index contributed by atoms with van der Waals surface area (Å²) < 4.78 is 6.12. The van der Waals surface area contributed by atoms with Gasteiger partial charge in [-0.3, -0.25) is 14.7 Å². The maximum Gasteiger partial charge on any atom is 0.293 e. The molecule has 0 saturated heterocycles. The number of nitrogens with two attached hydrogens (primary N) is 1. The molecule has 0 radical (unpaired) electrons. The third-order valence-electron chi connectivity index (χ3n) is 5.63. The molecule has 4 rings (SSSR count). The van der Waals surface area contributed by atoms with Gasteiger partial charge in [0.2, 0.25) is 11.6 Å². The fourth-order valence-electron chi connectivity index (χ4n) is 3.84. The Morgan fingerprint density at radius 1 is 1.31 bits per heavy atom. The van der Waals surface area contributed by atoms with E-state index in [4.69, 9.17) is 10.4 Å². The van der Waals surface area contributed by atoms with E-state index in [0.29, 0.717) is 29.7 Å². The number of amides is 1. The van der Waals surface area contributed by atoms with Crippen molar-refractivity contribution < 1.29 is 9.42 Å². The van der Waals surface area contributed by atoms with Gasteiger partial charge in [-0.05, 0) is 49.3 Å². The molecule has 12 nitrogen and oxygen atoms in total. The third kappa shape index (κ3) is 4.64. The number of nitrogens with one attached hydrogen (secondary N) is 1. The van der Waals surface area contributed by atoms with E-state index >= 15 is 0 Å². The van der Waals surface area contributed by atoms with Gasteiger partial charge in [0, 0.05) is 18.8 Å². The van der Waals surface area contributed by atoms with Crippen LogP contribution in [0.1, 0.15) is 60.9 Å². The van der Waals surface area contributed by atoms with Crippen molar-refractivity contribution in [1.29, 1.82) is 0 Å². The summed E-state index contributed by atoms with van der Waals surface area (Å²) in [6.07, 6.45) is 7.54. The highest BCUT2D eigenvalue weighted by atomic mass is 16.6. The SMILES string of the molecule is C/C(=N\NC(=O)c1nnn(-c2nonc2N)c1CN(C)C1CCCCC1)c1ccccn1. The summed E-state index contributed by atoms with van der Waals surface area (Å²) in [5.41, 5.74) is 10.3. The minimum Gasteiger partial charge on any atom is -0.378 e. The molecular formula is C20H26N10O2. The maximum atomic E-state index is 13.0. The Hall–Kier alpha value is -3.67. The summed E-state index contributed by atoms with van der Waals surface area (Å²) in [5.74, 6) is -0.238. The highest BCUT2D eigenvalue weighted by molar-refractivity contribution is 5.99. The molecular weight excluding hydrogens is 412 g/mol. The van der Waals surface area contributed by atoms with Gasteiger partial charge < -0.3 is 5.73 Å². The lowest BCUT2D eigenvalue weighted by Crippen LogP contribution is -2.34. The number of anilines is 1. The lowest BCUT2D eigenvalue weighted by molar-refractivity contribution is 0.0946. The summed E-state index contributed by atoms with van der Waals surface area (Å²) >= 11 is 0.